The van der Waals surface area contributed by atoms with Crippen molar-refractivity contribution >= 4 is 17.6 Å². The molecule has 0 unspecified atom stereocenters. The molecule has 0 atom stereocenters. The number of halogens is 1. The van der Waals surface area contributed by atoms with Crippen LogP contribution in [0.1, 0.15) is 5.69 Å². The van der Waals surface area contributed by atoms with Crippen LogP contribution in [-0.4, -0.2) is 52.3 Å². The number of hydrogen-bond donors (Lipinski definition) is 0. The van der Waals surface area contributed by atoms with E-state index in [2.05, 4.69) is 24.8 Å². The molecule has 3 rings (SSSR count). The van der Waals surface area contributed by atoms with Gasteiger partial charge in [-0.3, -0.25) is 9.88 Å². The minimum absolute atomic E-state index is 0.231. The van der Waals surface area contributed by atoms with E-state index in [1.165, 1.54) is 6.07 Å². The summed E-state index contributed by atoms with van der Waals surface area (Å²) in [5.74, 6) is 0.730. The minimum atomic E-state index is -0.231. The van der Waals surface area contributed by atoms with Gasteiger partial charge in [0.2, 0.25) is 0 Å². The molecule has 0 amide bonds. The second-order valence-corrected chi connectivity index (χ2v) is 5.87. The Labute approximate surface area is 133 Å². The van der Waals surface area contributed by atoms with Crippen LogP contribution in [0.3, 0.4) is 0 Å². The highest BCUT2D eigenvalue weighted by Gasteiger charge is 2.19. The van der Waals surface area contributed by atoms with Gasteiger partial charge in [0.1, 0.15) is 11.6 Å². The number of anilines is 1. The fraction of sp³-hybridized carbons (Fsp3) is 0.400. The second-order valence-electron chi connectivity index (χ2n) is 5.10. The summed E-state index contributed by atoms with van der Waals surface area (Å²) in [6, 6.07) is 5.02. The summed E-state index contributed by atoms with van der Waals surface area (Å²) < 4.78 is 13.7. The standard InChI is InChI=1S/C15H18FN5S/c1-22-15-18-6-4-14(19-15)21-9-7-20(8-10-21)11-13-12(16)3-2-5-17-13/h2-6H,7-11H2,1H3. The fourth-order valence-corrected chi connectivity index (χ4v) is 2.84. The zero-order chi connectivity index (χ0) is 15.4. The Kier molecular flexibility index (Phi) is 4.84. The van der Waals surface area contributed by atoms with Crippen LogP contribution in [0.5, 0.6) is 0 Å². The number of aromatic nitrogens is 3. The predicted molar refractivity (Wildman–Crippen MR) is 85.5 cm³/mol. The van der Waals surface area contributed by atoms with E-state index in [0.717, 1.165) is 37.2 Å². The molecular formula is C15H18FN5S. The first-order valence-electron chi connectivity index (χ1n) is 7.20. The highest BCUT2D eigenvalue weighted by atomic mass is 32.2. The van der Waals surface area contributed by atoms with Crippen molar-refractivity contribution in [3.8, 4) is 0 Å². The molecule has 22 heavy (non-hydrogen) atoms. The summed E-state index contributed by atoms with van der Waals surface area (Å²) in [4.78, 5) is 17.3. The van der Waals surface area contributed by atoms with Crippen molar-refractivity contribution in [3.05, 3.63) is 42.1 Å². The molecule has 5 nitrogen and oxygen atoms in total. The molecule has 2 aromatic heterocycles. The van der Waals surface area contributed by atoms with Crippen LogP contribution in [0.25, 0.3) is 0 Å². The third-order valence-corrected chi connectivity index (χ3v) is 4.27. The first kappa shape index (κ1) is 15.2. The van der Waals surface area contributed by atoms with Crippen molar-refractivity contribution in [1.82, 2.24) is 19.9 Å². The summed E-state index contributed by atoms with van der Waals surface area (Å²) in [6.45, 7) is 4.04. The molecule has 0 spiro atoms. The van der Waals surface area contributed by atoms with Crippen LogP contribution in [-0.2, 0) is 6.54 Å². The molecule has 0 aliphatic carbocycles. The number of thioether (sulfide) groups is 1. The number of rotatable bonds is 4. The number of piperazine rings is 1. The number of hydrogen-bond acceptors (Lipinski definition) is 6. The number of nitrogens with zero attached hydrogens (tertiary/aromatic N) is 5. The van der Waals surface area contributed by atoms with Gasteiger partial charge in [0.25, 0.3) is 0 Å². The topological polar surface area (TPSA) is 45.2 Å². The minimum Gasteiger partial charge on any atom is -0.354 e. The van der Waals surface area contributed by atoms with E-state index in [1.807, 2.05) is 12.3 Å². The highest BCUT2D eigenvalue weighted by molar-refractivity contribution is 7.98. The molecule has 1 aliphatic heterocycles. The van der Waals surface area contributed by atoms with Gasteiger partial charge in [0, 0.05) is 45.1 Å². The summed E-state index contributed by atoms with van der Waals surface area (Å²) >= 11 is 1.54. The normalized spacial score (nSPS) is 16.0. The van der Waals surface area contributed by atoms with Crippen LogP contribution < -0.4 is 4.90 Å². The molecule has 7 heteroatoms. The summed E-state index contributed by atoms with van der Waals surface area (Å²) in [7, 11) is 0. The monoisotopic (exact) mass is 319 g/mol. The Morgan fingerprint density at radius 1 is 1.14 bits per heavy atom. The lowest BCUT2D eigenvalue weighted by Crippen LogP contribution is -2.46. The van der Waals surface area contributed by atoms with Crippen molar-refractivity contribution in [2.24, 2.45) is 0 Å². The fourth-order valence-electron chi connectivity index (χ4n) is 2.49. The third kappa shape index (κ3) is 3.53. The lowest BCUT2D eigenvalue weighted by molar-refractivity contribution is 0.243. The smallest absolute Gasteiger partial charge is 0.189 e. The average Bonchev–Trinajstić information content (AvgIpc) is 2.58. The zero-order valence-electron chi connectivity index (χ0n) is 12.4. The molecule has 0 N–H and O–H groups in total. The van der Waals surface area contributed by atoms with E-state index in [9.17, 15) is 4.39 Å². The van der Waals surface area contributed by atoms with E-state index >= 15 is 0 Å². The van der Waals surface area contributed by atoms with E-state index in [0.29, 0.717) is 12.2 Å². The zero-order valence-corrected chi connectivity index (χ0v) is 13.3. The molecule has 2 aromatic rings. The Hall–Kier alpha value is -1.73. The molecule has 1 aliphatic rings. The van der Waals surface area contributed by atoms with E-state index < -0.39 is 0 Å². The molecule has 0 radical (unpaired) electrons. The van der Waals surface area contributed by atoms with E-state index in [1.54, 1.807) is 30.2 Å². The summed E-state index contributed by atoms with van der Waals surface area (Å²) in [6.07, 6.45) is 5.40. The van der Waals surface area contributed by atoms with Crippen molar-refractivity contribution in [2.75, 3.05) is 37.3 Å². The van der Waals surface area contributed by atoms with Gasteiger partial charge < -0.3 is 4.90 Å². The molecule has 3 heterocycles. The van der Waals surface area contributed by atoms with Gasteiger partial charge in [0.15, 0.2) is 5.16 Å². The lowest BCUT2D eigenvalue weighted by Gasteiger charge is -2.35. The molecule has 0 bridgehead atoms. The van der Waals surface area contributed by atoms with Gasteiger partial charge in [-0.05, 0) is 24.5 Å². The van der Waals surface area contributed by atoms with Gasteiger partial charge in [-0.25, -0.2) is 14.4 Å². The van der Waals surface area contributed by atoms with E-state index in [-0.39, 0.29) is 5.82 Å². The Morgan fingerprint density at radius 2 is 1.95 bits per heavy atom. The lowest BCUT2D eigenvalue weighted by atomic mass is 10.2. The van der Waals surface area contributed by atoms with Crippen LogP contribution in [0.2, 0.25) is 0 Å². The third-order valence-electron chi connectivity index (χ3n) is 3.71. The summed E-state index contributed by atoms with van der Waals surface area (Å²) in [5.41, 5.74) is 0.516. The molecule has 116 valence electrons. The van der Waals surface area contributed by atoms with Crippen LogP contribution >= 0.6 is 11.8 Å². The van der Waals surface area contributed by atoms with Crippen molar-refractivity contribution < 1.29 is 4.39 Å². The Balaban J connectivity index is 1.59. The van der Waals surface area contributed by atoms with Crippen molar-refractivity contribution in [1.29, 1.82) is 0 Å². The van der Waals surface area contributed by atoms with E-state index in [4.69, 9.17) is 0 Å². The van der Waals surface area contributed by atoms with Crippen LogP contribution in [0, 0.1) is 5.82 Å². The second kappa shape index (κ2) is 7.02. The maximum absolute atomic E-state index is 13.7. The Bertz CT molecular complexity index is 631. The van der Waals surface area contributed by atoms with Gasteiger partial charge in [-0.15, -0.1) is 0 Å². The average molecular weight is 319 g/mol. The predicted octanol–water partition coefficient (Wildman–Crippen LogP) is 2.05. The van der Waals surface area contributed by atoms with Gasteiger partial charge in [-0.1, -0.05) is 11.8 Å². The molecule has 1 saturated heterocycles. The van der Waals surface area contributed by atoms with Crippen molar-refractivity contribution in [3.63, 3.8) is 0 Å². The van der Waals surface area contributed by atoms with Gasteiger partial charge >= 0.3 is 0 Å². The number of pyridine rings is 1. The van der Waals surface area contributed by atoms with Gasteiger partial charge in [0.05, 0.1) is 5.69 Å². The summed E-state index contributed by atoms with van der Waals surface area (Å²) in [5, 5.41) is 0.787. The maximum atomic E-state index is 13.7. The van der Waals surface area contributed by atoms with Crippen LogP contribution in [0.15, 0.2) is 35.7 Å². The highest BCUT2D eigenvalue weighted by Crippen LogP contribution is 2.17. The molecule has 0 saturated carbocycles. The Morgan fingerprint density at radius 3 is 2.68 bits per heavy atom. The molecular weight excluding hydrogens is 301 g/mol. The first-order valence-corrected chi connectivity index (χ1v) is 8.42. The van der Waals surface area contributed by atoms with Crippen LogP contribution in [0.4, 0.5) is 10.2 Å². The maximum Gasteiger partial charge on any atom is 0.189 e. The molecule has 1 fully saturated rings. The first-order chi connectivity index (χ1) is 10.8. The largest absolute Gasteiger partial charge is 0.354 e. The quantitative estimate of drug-likeness (QED) is 0.635. The van der Waals surface area contributed by atoms with Gasteiger partial charge in [-0.2, -0.15) is 0 Å². The SMILES string of the molecule is CSc1nccc(N2CCN(Cc3ncccc3F)CC2)n1. The van der Waals surface area contributed by atoms with Crippen molar-refractivity contribution in [2.45, 2.75) is 11.7 Å². The molecule has 0 aromatic carbocycles.